The SMILES string of the molecule is C=CC(=O)Oc1cccc(-c2ccccc2Cl)c1. The second-order valence-electron chi connectivity index (χ2n) is 3.63. The first kappa shape index (κ1) is 12.4. The van der Waals surface area contributed by atoms with Crippen molar-refractivity contribution in [2.45, 2.75) is 0 Å². The van der Waals surface area contributed by atoms with E-state index in [1.807, 2.05) is 36.4 Å². The Morgan fingerprint density at radius 3 is 2.67 bits per heavy atom. The van der Waals surface area contributed by atoms with Gasteiger partial charge in [-0.1, -0.05) is 48.5 Å². The molecule has 2 aromatic rings. The molecule has 0 bridgehead atoms. The summed E-state index contributed by atoms with van der Waals surface area (Å²) in [5.74, 6) is -0.0105. The van der Waals surface area contributed by atoms with Gasteiger partial charge in [0, 0.05) is 16.7 Å². The Hall–Kier alpha value is -2.06. The van der Waals surface area contributed by atoms with Gasteiger partial charge >= 0.3 is 5.97 Å². The summed E-state index contributed by atoms with van der Waals surface area (Å²) in [5.41, 5.74) is 1.80. The van der Waals surface area contributed by atoms with E-state index >= 15 is 0 Å². The minimum atomic E-state index is -0.480. The van der Waals surface area contributed by atoms with Gasteiger partial charge in [0.05, 0.1) is 0 Å². The quantitative estimate of drug-likeness (QED) is 0.471. The van der Waals surface area contributed by atoms with Gasteiger partial charge in [-0.25, -0.2) is 4.79 Å². The maximum absolute atomic E-state index is 11.1. The molecule has 0 fully saturated rings. The van der Waals surface area contributed by atoms with Crippen LogP contribution >= 0.6 is 11.6 Å². The van der Waals surface area contributed by atoms with Crippen molar-refractivity contribution in [1.29, 1.82) is 0 Å². The van der Waals surface area contributed by atoms with E-state index in [0.717, 1.165) is 17.2 Å². The zero-order valence-corrected chi connectivity index (χ0v) is 10.4. The summed E-state index contributed by atoms with van der Waals surface area (Å²) in [4.78, 5) is 11.1. The number of rotatable bonds is 3. The highest BCUT2D eigenvalue weighted by Gasteiger charge is 2.05. The van der Waals surface area contributed by atoms with Crippen molar-refractivity contribution in [3.05, 3.63) is 66.2 Å². The summed E-state index contributed by atoms with van der Waals surface area (Å²) in [5, 5.41) is 0.657. The third kappa shape index (κ3) is 2.79. The molecule has 0 spiro atoms. The summed E-state index contributed by atoms with van der Waals surface area (Å²) in [6.07, 6.45) is 1.13. The predicted molar refractivity (Wildman–Crippen MR) is 72.7 cm³/mol. The number of hydrogen-bond donors (Lipinski definition) is 0. The highest BCUT2D eigenvalue weighted by molar-refractivity contribution is 6.33. The molecule has 3 heteroatoms. The Bertz CT molecular complexity index is 591. The van der Waals surface area contributed by atoms with E-state index in [4.69, 9.17) is 16.3 Å². The van der Waals surface area contributed by atoms with Crippen molar-refractivity contribution >= 4 is 17.6 Å². The van der Waals surface area contributed by atoms with Crippen LogP contribution in [0.5, 0.6) is 5.75 Å². The van der Waals surface area contributed by atoms with Crippen LogP contribution in [0.25, 0.3) is 11.1 Å². The fourth-order valence-corrected chi connectivity index (χ4v) is 1.83. The minimum Gasteiger partial charge on any atom is -0.423 e. The molecular formula is C15H11ClO2. The van der Waals surface area contributed by atoms with E-state index in [1.54, 1.807) is 12.1 Å². The first-order chi connectivity index (χ1) is 8.70. The molecule has 2 nitrogen and oxygen atoms in total. The molecular weight excluding hydrogens is 248 g/mol. The van der Waals surface area contributed by atoms with Crippen LogP contribution in [0, 0.1) is 0 Å². The Balaban J connectivity index is 2.36. The molecule has 0 unspecified atom stereocenters. The van der Waals surface area contributed by atoms with Gasteiger partial charge in [-0.05, 0) is 23.8 Å². The van der Waals surface area contributed by atoms with Crippen molar-refractivity contribution in [1.82, 2.24) is 0 Å². The molecule has 90 valence electrons. The van der Waals surface area contributed by atoms with Crippen LogP contribution in [0.15, 0.2) is 61.2 Å². The van der Waals surface area contributed by atoms with E-state index in [9.17, 15) is 4.79 Å². The van der Waals surface area contributed by atoms with E-state index in [2.05, 4.69) is 6.58 Å². The van der Waals surface area contributed by atoms with Gasteiger partial charge in [0.15, 0.2) is 0 Å². The Kier molecular flexibility index (Phi) is 3.80. The van der Waals surface area contributed by atoms with Crippen molar-refractivity contribution in [2.75, 3.05) is 0 Å². The fourth-order valence-electron chi connectivity index (χ4n) is 1.58. The molecule has 2 rings (SSSR count). The Morgan fingerprint density at radius 2 is 1.94 bits per heavy atom. The number of carbonyl (C=O) groups excluding carboxylic acids is 1. The van der Waals surface area contributed by atoms with E-state index in [-0.39, 0.29) is 0 Å². The molecule has 0 aliphatic heterocycles. The average Bonchev–Trinajstić information content (AvgIpc) is 2.39. The molecule has 0 amide bonds. The summed E-state index contributed by atoms with van der Waals surface area (Å²) >= 11 is 6.12. The van der Waals surface area contributed by atoms with Crippen molar-refractivity contribution < 1.29 is 9.53 Å². The van der Waals surface area contributed by atoms with Crippen LogP contribution in [0.3, 0.4) is 0 Å². The summed E-state index contributed by atoms with van der Waals surface area (Å²) in [7, 11) is 0. The van der Waals surface area contributed by atoms with Gasteiger partial charge in [-0.15, -0.1) is 0 Å². The van der Waals surface area contributed by atoms with Gasteiger partial charge in [0.2, 0.25) is 0 Å². The standard InChI is InChI=1S/C15H11ClO2/c1-2-15(17)18-12-7-5-6-11(10-12)13-8-3-4-9-14(13)16/h2-10H,1H2. The van der Waals surface area contributed by atoms with Gasteiger partial charge < -0.3 is 4.74 Å². The number of hydrogen-bond acceptors (Lipinski definition) is 2. The number of carbonyl (C=O) groups is 1. The monoisotopic (exact) mass is 258 g/mol. The molecule has 0 atom stereocenters. The van der Waals surface area contributed by atoms with Crippen LogP contribution in [-0.2, 0) is 4.79 Å². The minimum absolute atomic E-state index is 0.470. The molecule has 0 saturated carbocycles. The van der Waals surface area contributed by atoms with Crippen molar-refractivity contribution in [3.8, 4) is 16.9 Å². The van der Waals surface area contributed by atoms with Crippen LogP contribution in [0.1, 0.15) is 0 Å². The first-order valence-electron chi connectivity index (χ1n) is 5.40. The molecule has 0 N–H and O–H groups in total. The van der Waals surface area contributed by atoms with Crippen LogP contribution in [-0.4, -0.2) is 5.97 Å². The second kappa shape index (κ2) is 5.52. The number of benzene rings is 2. The number of ether oxygens (including phenoxy) is 1. The molecule has 0 aliphatic carbocycles. The van der Waals surface area contributed by atoms with Gasteiger partial charge in [0.25, 0.3) is 0 Å². The lowest BCUT2D eigenvalue weighted by Gasteiger charge is -2.06. The number of halogens is 1. The molecule has 0 radical (unpaired) electrons. The zero-order valence-electron chi connectivity index (χ0n) is 9.60. The van der Waals surface area contributed by atoms with Crippen molar-refractivity contribution in [2.24, 2.45) is 0 Å². The van der Waals surface area contributed by atoms with E-state index in [1.165, 1.54) is 0 Å². The van der Waals surface area contributed by atoms with Gasteiger partial charge in [0.1, 0.15) is 5.75 Å². The maximum Gasteiger partial charge on any atom is 0.335 e. The largest absolute Gasteiger partial charge is 0.423 e. The highest BCUT2D eigenvalue weighted by atomic mass is 35.5. The van der Waals surface area contributed by atoms with Crippen LogP contribution in [0.2, 0.25) is 5.02 Å². The Labute approximate surface area is 110 Å². The summed E-state index contributed by atoms with van der Waals surface area (Å²) in [6.45, 7) is 3.36. The van der Waals surface area contributed by atoms with Gasteiger partial charge in [-0.2, -0.15) is 0 Å². The van der Waals surface area contributed by atoms with Crippen LogP contribution < -0.4 is 4.74 Å². The van der Waals surface area contributed by atoms with Crippen molar-refractivity contribution in [3.63, 3.8) is 0 Å². The van der Waals surface area contributed by atoms with Crippen LogP contribution in [0.4, 0.5) is 0 Å². The molecule has 18 heavy (non-hydrogen) atoms. The lowest BCUT2D eigenvalue weighted by atomic mass is 10.1. The second-order valence-corrected chi connectivity index (χ2v) is 4.04. The maximum atomic E-state index is 11.1. The molecule has 0 saturated heterocycles. The summed E-state index contributed by atoms with van der Waals surface area (Å²) in [6, 6.07) is 14.7. The normalized spacial score (nSPS) is 9.83. The highest BCUT2D eigenvalue weighted by Crippen LogP contribution is 2.29. The fraction of sp³-hybridized carbons (Fsp3) is 0. The molecule has 0 aromatic heterocycles. The number of esters is 1. The third-order valence-corrected chi connectivity index (χ3v) is 2.73. The Morgan fingerprint density at radius 1 is 1.17 bits per heavy atom. The molecule has 2 aromatic carbocycles. The average molecular weight is 259 g/mol. The molecule has 0 heterocycles. The zero-order chi connectivity index (χ0) is 13.0. The van der Waals surface area contributed by atoms with E-state index < -0.39 is 5.97 Å². The third-order valence-electron chi connectivity index (χ3n) is 2.40. The molecule has 0 aliphatic rings. The lowest BCUT2D eigenvalue weighted by Crippen LogP contribution is -2.02. The summed E-state index contributed by atoms with van der Waals surface area (Å²) < 4.78 is 5.07. The lowest BCUT2D eigenvalue weighted by molar-refractivity contribution is -0.128. The topological polar surface area (TPSA) is 26.3 Å². The smallest absolute Gasteiger partial charge is 0.335 e. The predicted octanol–water partition coefficient (Wildman–Crippen LogP) is 4.10. The van der Waals surface area contributed by atoms with Gasteiger partial charge in [-0.3, -0.25) is 0 Å². The first-order valence-corrected chi connectivity index (χ1v) is 5.77. The van der Waals surface area contributed by atoms with E-state index in [0.29, 0.717) is 10.8 Å².